The summed E-state index contributed by atoms with van der Waals surface area (Å²) >= 11 is 0. The lowest BCUT2D eigenvalue weighted by atomic mass is 10.1. The molecule has 0 spiro atoms. The second kappa shape index (κ2) is 6.85. The van der Waals surface area contributed by atoms with E-state index in [4.69, 9.17) is 4.74 Å². The molecule has 1 amide bonds. The van der Waals surface area contributed by atoms with Crippen LogP contribution in [0.4, 0.5) is 5.69 Å². The zero-order chi connectivity index (χ0) is 13.5. The lowest BCUT2D eigenvalue weighted by molar-refractivity contribution is -0.116. The molecule has 2 aromatic rings. The molecule has 1 N–H and O–H groups in total. The van der Waals surface area contributed by atoms with Crippen molar-refractivity contribution in [1.29, 1.82) is 0 Å². The molecular weight excluding hydrogens is 240 g/mol. The summed E-state index contributed by atoms with van der Waals surface area (Å²) in [5.41, 5.74) is 1.70. The third-order valence-corrected chi connectivity index (χ3v) is 2.82. The second-order valence-corrected chi connectivity index (χ2v) is 4.22. The van der Waals surface area contributed by atoms with Gasteiger partial charge in [0.1, 0.15) is 0 Å². The molecule has 1 heterocycles. The maximum Gasteiger partial charge on any atom is 0.224 e. The van der Waals surface area contributed by atoms with Gasteiger partial charge in [-0.3, -0.25) is 9.78 Å². The van der Waals surface area contributed by atoms with Crippen molar-refractivity contribution in [3.63, 3.8) is 0 Å². The van der Waals surface area contributed by atoms with E-state index in [2.05, 4.69) is 10.3 Å². The Morgan fingerprint density at radius 3 is 3.05 bits per heavy atom. The monoisotopic (exact) mass is 258 g/mol. The Hall–Kier alpha value is -1.94. The van der Waals surface area contributed by atoms with Gasteiger partial charge in [0.05, 0.1) is 11.2 Å². The van der Waals surface area contributed by atoms with E-state index < -0.39 is 0 Å². The third kappa shape index (κ3) is 3.76. The minimum Gasteiger partial charge on any atom is -0.382 e. The maximum absolute atomic E-state index is 11.8. The largest absolute Gasteiger partial charge is 0.382 e. The van der Waals surface area contributed by atoms with Crippen molar-refractivity contribution in [2.24, 2.45) is 0 Å². The molecule has 2 rings (SSSR count). The molecule has 0 saturated heterocycles. The van der Waals surface area contributed by atoms with Gasteiger partial charge in [0.2, 0.25) is 5.91 Å². The average Bonchev–Trinajstić information content (AvgIpc) is 2.44. The van der Waals surface area contributed by atoms with Gasteiger partial charge in [-0.2, -0.15) is 0 Å². The van der Waals surface area contributed by atoms with Crippen LogP contribution in [0.3, 0.4) is 0 Å². The Morgan fingerprint density at radius 1 is 1.32 bits per heavy atom. The first kappa shape index (κ1) is 13.5. The van der Waals surface area contributed by atoms with Crippen LogP contribution < -0.4 is 5.32 Å². The van der Waals surface area contributed by atoms with Crippen LogP contribution >= 0.6 is 0 Å². The first-order valence-electron chi connectivity index (χ1n) is 6.52. The zero-order valence-electron chi connectivity index (χ0n) is 11.1. The number of nitrogens with one attached hydrogen (secondary N) is 1. The number of hydrogen-bond donors (Lipinski definition) is 1. The van der Waals surface area contributed by atoms with Gasteiger partial charge in [-0.05, 0) is 37.6 Å². The number of amides is 1. The van der Waals surface area contributed by atoms with Crippen LogP contribution in [-0.4, -0.2) is 24.1 Å². The topological polar surface area (TPSA) is 51.2 Å². The summed E-state index contributed by atoms with van der Waals surface area (Å²) in [7, 11) is 0. The summed E-state index contributed by atoms with van der Waals surface area (Å²) < 4.78 is 5.21. The number of anilines is 1. The number of fused-ring (bicyclic) bond motifs is 1. The van der Waals surface area contributed by atoms with Crippen LogP contribution in [0, 0.1) is 0 Å². The summed E-state index contributed by atoms with van der Waals surface area (Å²) in [5, 5.41) is 3.89. The highest BCUT2D eigenvalue weighted by Crippen LogP contribution is 2.21. The van der Waals surface area contributed by atoms with Crippen molar-refractivity contribution in [3.05, 3.63) is 36.5 Å². The third-order valence-electron chi connectivity index (χ3n) is 2.82. The number of nitrogens with zero attached hydrogens (tertiary/aromatic N) is 1. The van der Waals surface area contributed by atoms with Gasteiger partial charge < -0.3 is 10.1 Å². The van der Waals surface area contributed by atoms with E-state index in [1.807, 2.05) is 37.3 Å². The van der Waals surface area contributed by atoms with Crippen LogP contribution in [0.2, 0.25) is 0 Å². The lowest BCUT2D eigenvalue weighted by Crippen LogP contribution is -2.12. The molecule has 100 valence electrons. The molecule has 0 radical (unpaired) electrons. The molecule has 0 bridgehead atoms. The van der Waals surface area contributed by atoms with Crippen molar-refractivity contribution in [2.75, 3.05) is 18.5 Å². The van der Waals surface area contributed by atoms with Gasteiger partial charge in [-0.15, -0.1) is 0 Å². The van der Waals surface area contributed by atoms with E-state index in [-0.39, 0.29) is 5.91 Å². The van der Waals surface area contributed by atoms with Gasteiger partial charge in [0.25, 0.3) is 0 Å². The number of rotatable bonds is 6. The van der Waals surface area contributed by atoms with Crippen LogP contribution in [0.1, 0.15) is 19.8 Å². The first-order chi connectivity index (χ1) is 9.31. The van der Waals surface area contributed by atoms with E-state index in [1.54, 1.807) is 6.20 Å². The minimum atomic E-state index is 0.0102. The molecular formula is C15H18N2O2. The molecule has 0 atom stereocenters. The lowest BCUT2D eigenvalue weighted by Gasteiger charge is -2.08. The van der Waals surface area contributed by atoms with Crippen molar-refractivity contribution in [3.8, 4) is 0 Å². The molecule has 0 saturated carbocycles. The number of benzene rings is 1. The number of ether oxygens (including phenoxy) is 1. The fourth-order valence-electron chi connectivity index (χ4n) is 1.90. The highest BCUT2D eigenvalue weighted by atomic mass is 16.5. The standard InChI is InChI=1S/C15H18N2O2/c1-2-19-11-5-9-15(18)17-14-8-3-7-13-12(14)6-4-10-16-13/h3-4,6-8,10H,2,5,9,11H2,1H3,(H,17,18). The molecule has 0 aliphatic carbocycles. The molecule has 0 unspecified atom stereocenters. The first-order valence-corrected chi connectivity index (χ1v) is 6.52. The molecule has 0 aliphatic rings. The van der Waals surface area contributed by atoms with E-state index in [0.29, 0.717) is 19.6 Å². The number of aromatic nitrogens is 1. The Bertz CT molecular complexity index is 549. The Kier molecular flexibility index (Phi) is 4.86. The summed E-state index contributed by atoms with van der Waals surface area (Å²) in [6.07, 6.45) is 2.95. The van der Waals surface area contributed by atoms with Gasteiger partial charge in [-0.1, -0.05) is 6.07 Å². The van der Waals surface area contributed by atoms with Gasteiger partial charge in [-0.25, -0.2) is 0 Å². The minimum absolute atomic E-state index is 0.0102. The summed E-state index contributed by atoms with van der Waals surface area (Å²) in [6, 6.07) is 9.54. The smallest absolute Gasteiger partial charge is 0.224 e. The van der Waals surface area contributed by atoms with Gasteiger partial charge >= 0.3 is 0 Å². The zero-order valence-corrected chi connectivity index (χ0v) is 11.1. The molecule has 1 aromatic heterocycles. The summed E-state index contributed by atoms with van der Waals surface area (Å²) in [4.78, 5) is 16.1. The predicted molar refractivity (Wildman–Crippen MR) is 76.1 cm³/mol. The van der Waals surface area contributed by atoms with Crippen LogP contribution in [0.15, 0.2) is 36.5 Å². The predicted octanol–water partition coefficient (Wildman–Crippen LogP) is 2.99. The summed E-state index contributed by atoms with van der Waals surface area (Å²) in [5.74, 6) is 0.0102. The van der Waals surface area contributed by atoms with Crippen molar-refractivity contribution < 1.29 is 9.53 Å². The van der Waals surface area contributed by atoms with Gasteiger partial charge in [0, 0.05) is 31.2 Å². The van der Waals surface area contributed by atoms with Crippen LogP contribution in [0.25, 0.3) is 10.9 Å². The van der Waals surface area contributed by atoms with Crippen molar-refractivity contribution in [2.45, 2.75) is 19.8 Å². The number of pyridine rings is 1. The van der Waals surface area contributed by atoms with Crippen LogP contribution in [0.5, 0.6) is 0 Å². The normalized spacial score (nSPS) is 10.6. The second-order valence-electron chi connectivity index (χ2n) is 4.22. The molecule has 0 aliphatic heterocycles. The van der Waals surface area contributed by atoms with E-state index in [9.17, 15) is 4.79 Å². The number of carbonyl (C=O) groups is 1. The summed E-state index contributed by atoms with van der Waals surface area (Å²) in [6.45, 7) is 3.26. The maximum atomic E-state index is 11.8. The highest BCUT2D eigenvalue weighted by Gasteiger charge is 2.05. The Morgan fingerprint density at radius 2 is 2.21 bits per heavy atom. The molecule has 4 nitrogen and oxygen atoms in total. The van der Waals surface area contributed by atoms with Gasteiger partial charge in [0.15, 0.2) is 0 Å². The average molecular weight is 258 g/mol. The Labute approximate surface area is 112 Å². The quantitative estimate of drug-likeness (QED) is 0.810. The number of hydrogen-bond acceptors (Lipinski definition) is 3. The fourth-order valence-corrected chi connectivity index (χ4v) is 1.90. The fraction of sp³-hybridized carbons (Fsp3) is 0.333. The number of carbonyl (C=O) groups excluding carboxylic acids is 1. The molecule has 4 heteroatoms. The molecule has 1 aromatic carbocycles. The highest BCUT2D eigenvalue weighted by molar-refractivity contribution is 6.00. The Balaban J connectivity index is 1.99. The SMILES string of the molecule is CCOCCCC(=O)Nc1cccc2ncccc12. The van der Waals surface area contributed by atoms with Crippen molar-refractivity contribution >= 4 is 22.5 Å². The van der Waals surface area contributed by atoms with Crippen LogP contribution in [-0.2, 0) is 9.53 Å². The van der Waals surface area contributed by atoms with E-state index in [0.717, 1.165) is 23.0 Å². The van der Waals surface area contributed by atoms with E-state index >= 15 is 0 Å². The van der Waals surface area contributed by atoms with E-state index in [1.165, 1.54) is 0 Å². The van der Waals surface area contributed by atoms with Crippen molar-refractivity contribution in [1.82, 2.24) is 4.98 Å². The molecule has 19 heavy (non-hydrogen) atoms. The molecule has 0 fully saturated rings.